The minimum Gasteiger partial charge on any atom is -0.447 e. The molecule has 13 heavy (non-hydrogen) atoms. The lowest BCUT2D eigenvalue weighted by Crippen LogP contribution is -2.25. The monoisotopic (exact) mass is 197 g/mol. The number of amides is 1. The summed E-state index contributed by atoms with van der Waals surface area (Å²) in [4.78, 5) is 10.6. The highest BCUT2D eigenvalue weighted by molar-refractivity contribution is 6.83. The van der Waals surface area contributed by atoms with Crippen LogP contribution in [0.15, 0.2) is 0 Å². The van der Waals surface area contributed by atoms with Gasteiger partial charge in [-0.15, -0.1) is 11.5 Å². The fraction of sp³-hybridized carbons (Fsp3) is 0.667. The second-order valence-corrected chi connectivity index (χ2v) is 8.95. The van der Waals surface area contributed by atoms with Crippen LogP contribution in [0.3, 0.4) is 0 Å². The first-order valence-corrected chi connectivity index (χ1v) is 7.91. The quantitative estimate of drug-likeness (QED) is 0.509. The van der Waals surface area contributed by atoms with Crippen molar-refractivity contribution < 1.29 is 9.53 Å². The summed E-state index contributed by atoms with van der Waals surface area (Å²) in [5, 5.41) is 2.69. The Balaban J connectivity index is 2.33. The summed E-state index contributed by atoms with van der Waals surface area (Å²) in [7, 11) is -1.26. The smallest absolute Gasteiger partial charge is 0.407 e. The van der Waals surface area contributed by atoms with Crippen LogP contribution in [0.25, 0.3) is 0 Å². The van der Waals surface area contributed by atoms with E-state index in [1.54, 1.807) is 0 Å². The summed E-state index contributed by atoms with van der Waals surface area (Å²) in [5.41, 5.74) is 3.25. The van der Waals surface area contributed by atoms with Crippen LogP contribution in [0.5, 0.6) is 0 Å². The molecule has 1 saturated heterocycles. The predicted molar refractivity (Wildman–Crippen MR) is 54.0 cm³/mol. The molecular weight excluding hydrogens is 182 g/mol. The van der Waals surface area contributed by atoms with Crippen LogP contribution in [-0.4, -0.2) is 26.8 Å². The molecule has 0 bridgehead atoms. The van der Waals surface area contributed by atoms with Gasteiger partial charge in [0.2, 0.25) is 0 Å². The molecule has 0 spiro atoms. The minimum atomic E-state index is -1.26. The topological polar surface area (TPSA) is 38.3 Å². The van der Waals surface area contributed by atoms with Gasteiger partial charge in [-0.3, -0.25) is 0 Å². The van der Waals surface area contributed by atoms with Gasteiger partial charge in [0.25, 0.3) is 0 Å². The second kappa shape index (κ2) is 3.84. The van der Waals surface area contributed by atoms with Crippen molar-refractivity contribution in [1.29, 1.82) is 0 Å². The molecule has 0 aromatic rings. The Morgan fingerprint density at radius 3 is 2.77 bits per heavy atom. The van der Waals surface area contributed by atoms with Crippen LogP contribution in [0, 0.1) is 11.5 Å². The Bertz CT molecular complexity index is 259. The fourth-order valence-electron chi connectivity index (χ4n) is 0.976. The van der Waals surface area contributed by atoms with E-state index in [0.29, 0.717) is 13.0 Å². The Hall–Kier alpha value is -0.953. The van der Waals surface area contributed by atoms with Gasteiger partial charge in [0.1, 0.15) is 14.7 Å². The molecule has 1 amide bonds. The highest BCUT2D eigenvalue weighted by atomic mass is 28.3. The summed E-state index contributed by atoms with van der Waals surface area (Å²) in [6.45, 7) is 7.05. The fourth-order valence-corrected chi connectivity index (χ4v) is 1.61. The van der Waals surface area contributed by atoms with Gasteiger partial charge in [-0.05, 0) is 0 Å². The summed E-state index contributed by atoms with van der Waals surface area (Å²) < 4.78 is 4.74. The van der Waals surface area contributed by atoms with Crippen molar-refractivity contribution in [3.8, 4) is 11.5 Å². The van der Waals surface area contributed by atoms with E-state index in [4.69, 9.17) is 4.74 Å². The third-order valence-corrected chi connectivity index (χ3v) is 2.48. The molecule has 1 fully saturated rings. The number of carbonyl (C=O) groups excluding carboxylic acids is 1. The van der Waals surface area contributed by atoms with Crippen molar-refractivity contribution >= 4 is 14.2 Å². The van der Waals surface area contributed by atoms with E-state index in [9.17, 15) is 4.79 Å². The molecule has 1 aliphatic rings. The average molecular weight is 197 g/mol. The molecule has 4 heteroatoms. The number of hydrogen-bond donors (Lipinski definition) is 1. The first-order chi connectivity index (χ1) is 5.97. The van der Waals surface area contributed by atoms with Crippen LogP contribution < -0.4 is 5.32 Å². The van der Waals surface area contributed by atoms with E-state index >= 15 is 0 Å². The number of rotatable bonds is 1. The Morgan fingerprint density at radius 1 is 1.62 bits per heavy atom. The zero-order valence-electron chi connectivity index (χ0n) is 8.31. The zero-order valence-corrected chi connectivity index (χ0v) is 9.31. The summed E-state index contributed by atoms with van der Waals surface area (Å²) in [6.07, 6.45) is 0.385. The molecule has 0 saturated carbocycles. The highest BCUT2D eigenvalue weighted by Crippen LogP contribution is 2.02. The van der Waals surface area contributed by atoms with Crippen molar-refractivity contribution in [2.45, 2.75) is 32.1 Å². The van der Waals surface area contributed by atoms with Crippen molar-refractivity contribution in [1.82, 2.24) is 5.32 Å². The highest BCUT2D eigenvalue weighted by Gasteiger charge is 2.20. The largest absolute Gasteiger partial charge is 0.447 e. The number of carbonyl (C=O) groups is 1. The molecule has 1 aliphatic heterocycles. The Morgan fingerprint density at radius 2 is 2.31 bits per heavy atom. The van der Waals surface area contributed by atoms with Crippen molar-refractivity contribution in [3.05, 3.63) is 0 Å². The van der Waals surface area contributed by atoms with E-state index in [1.165, 1.54) is 0 Å². The maximum Gasteiger partial charge on any atom is 0.407 e. The second-order valence-electron chi connectivity index (χ2n) is 4.20. The van der Waals surface area contributed by atoms with Crippen LogP contribution in [-0.2, 0) is 4.74 Å². The van der Waals surface area contributed by atoms with Crippen LogP contribution in [0.1, 0.15) is 6.42 Å². The molecule has 0 aliphatic carbocycles. The van der Waals surface area contributed by atoms with Crippen LogP contribution >= 0.6 is 0 Å². The normalized spacial score (nSPS) is 21.5. The molecule has 1 N–H and O–H groups in total. The minimum absolute atomic E-state index is 0.0938. The molecule has 1 atom stereocenters. The van der Waals surface area contributed by atoms with Gasteiger partial charge < -0.3 is 10.1 Å². The van der Waals surface area contributed by atoms with Crippen molar-refractivity contribution in [2.24, 2.45) is 0 Å². The first-order valence-electron chi connectivity index (χ1n) is 4.41. The number of ether oxygens (including phenoxy) is 1. The lowest BCUT2D eigenvalue weighted by atomic mass is 10.2. The summed E-state index contributed by atoms with van der Waals surface area (Å²) in [6, 6.07) is 0.0938. The van der Waals surface area contributed by atoms with Crippen molar-refractivity contribution in [3.63, 3.8) is 0 Å². The molecule has 3 nitrogen and oxygen atoms in total. The summed E-state index contributed by atoms with van der Waals surface area (Å²) >= 11 is 0. The molecule has 0 aromatic carbocycles. The van der Waals surface area contributed by atoms with Crippen LogP contribution in [0.2, 0.25) is 19.6 Å². The molecule has 1 unspecified atom stereocenters. The number of cyclic esters (lactones) is 1. The molecule has 0 aromatic heterocycles. The predicted octanol–water partition coefficient (Wildman–Crippen LogP) is 1.37. The van der Waals surface area contributed by atoms with E-state index in [2.05, 4.69) is 36.4 Å². The number of hydrogen-bond acceptors (Lipinski definition) is 2. The van der Waals surface area contributed by atoms with Gasteiger partial charge in [-0.1, -0.05) is 19.6 Å². The van der Waals surface area contributed by atoms with E-state index in [-0.39, 0.29) is 12.1 Å². The van der Waals surface area contributed by atoms with Crippen LogP contribution in [0.4, 0.5) is 4.79 Å². The lowest BCUT2D eigenvalue weighted by Gasteiger charge is -2.04. The maximum atomic E-state index is 10.6. The zero-order chi connectivity index (χ0) is 9.90. The standard InChI is InChI=1S/C9H15NO2Si/c1-13(2,3)6-4-5-8-7-12-9(11)10-8/h8H,5,7H2,1-3H3,(H,10,11). The molecule has 0 radical (unpaired) electrons. The Labute approximate surface area is 79.9 Å². The molecule has 72 valence electrons. The van der Waals surface area contributed by atoms with E-state index in [1.807, 2.05) is 0 Å². The number of alkyl carbamates (subject to hydrolysis) is 1. The third kappa shape index (κ3) is 3.99. The van der Waals surface area contributed by atoms with Crippen molar-refractivity contribution in [2.75, 3.05) is 6.61 Å². The molecular formula is C9H15NO2Si. The Kier molecular flexibility index (Phi) is 2.99. The van der Waals surface area contributed by atoms with Gasteiger partial charge in [-0.25, -0.2) is 4.79 Å². The maximum absolute atomic E-state index is 10.6. The van der Waals surface area contributed by atoms with Gasteiger partial charge >= 0.3 is 6.09 Å². The lowest BCUT2D eigenvalue weighted by molar-refractivity contribution is 0.177. The van der Waals surface area contributed by atoms with Gasteiger partial charge in [0.15, 0.2) is 0 Å². The SMILES string of the molecule is C[Si](C)(C)C#CCC1COC(=O)N1. The van der Waals surface area contributed by atoms with E-state index < -0.39 is 8.07 Å². The van der Waals surface area contributed by atoms with Gasteiger partial charge in [0.05, 0.1) is 6.04 Å². The molecule has 1 heterocycles. The summed E-state index contributed by atoms with van der Waals surface area (Å²) in [5.74, 6) is 3.10. The first kappa shape index (κ1) is 10.1. The van der Waals surface area contributed by atoms with Gasteiger partial charge in [-0.2, -0.15) is 0 Å². The van der Waals surface area contributed by atoms with Gasteiger partial charge in [0, 0.05) is 6.42 Å². The van der Waals surface area contributed by atoms with E-state index in [0.717, 1.165) is 0 Å². The third-order valence-electron chi connectivity index (χ3n) is 1.55. The average Bonchev–Trinajstić information content (AvgIpc) is 2.33. The number of nitrogens with one attached hydrogen (secondary N) is 1. The molecule has 1 rings (SSSR count).